The molecule has 1 rings (SSSR count). The molecule has 0 radical (unpaired) electrons. The van der Waals surface area contributed by atoms with Gasteiger partial charge in [0.1, 0.15) is 5.82 Å². The Morgan fingerprint density at radius 1 is 1.28 bits per heavy atom. The number of rotatable bonds is 8. The van der Waals surface area contributed by atoms with E-state index in [2.05, 4.69) is 11.2 Å². The van der Waals surface area contributed by atoms with Gasteiger partial charge in [-0.05, 0) is 56.3 Å². The number of benzene rings is 1. The first-order valence-electron chi connectivity index (χ1n) is 6.09. The number of thioether (sulfide) groups is 1. The second kappa shape index (κ2) is 8.27. The van der Waals surface area contributed by atoms with Crippen LogP contribution in [0.15, 0.2) is 24.3 Å². The Balaban J connectivity index is 2.30. The van der Waals surface area contributed by atoms with Crippen molar-refractivity contribution in [1.82, 2.24) is 4.90 Å². The highest BCUT2D eigenvalue weighted by molar-refractivity contribution is 7.98. The highest BCUT2D eigenvalue weighted by Gasteiger charge is 2.07. The van der Waals surface area contributed by atoms with Crippen molar-refractivity contribution in [2.45, 2.75) is 12.8 Å². The fourth-order valence-corrected chi connectivity index (χ4v) is 2.08. The van der Waals surface area contributed by atoms with E-state index in [-0.39, 0.29) is 11.6 Å². The molecule has 0 amide bonds. The number of carbonyl (C=O) groups excluding carboxylic acids is 1. The van der Waals surface area contributed by atoms with Crippen LogP contribution in [0, 0.1) is 5.82 Å². The highest BCUT2D eigenvalue weighted by Crippen LogP contribution is 2.06. The number of Topliss-reactive ketones (excluding diaryl/α,β-unsaturated/α-hetero) is 1. The summed E-state index contributed by atoms with van der Waals surface area (Å²) in [6.45, 7) is 1.77. The number of ketones is 1. The molecule has 4 heteroatoms. The average Bonchev–Trinajstić information content (AvgIpc) is 2.37. The third-order valence-electron chi connectivity index (χ3n) is 2.78. The number of hydrogen-bond donors (Lipinski definition) is 0. The minimum absolute atomic E-state index is 0.0757. The van der Waals surface area contributed by atoms with Gasteiger partial charge in [-0.2, -0.15) is 11.8 Å². The van der Waals surface area contributed by atoms with Crippen LogP contribution in [-0.4, -0.2) is 42.8 Å². The maximum absolute atomic E-state index is 12.7. The zero-order chi connectivity index (χ0) is 13.4. The maximum Gasteiger partial charge on any atom is 0.164 e. The zero-order valence-electron chi connectivity index (χ0n) is 11.0. The summed E-state index contributed by atoms with van der Waals surface area (Å²) in [5.74, 6) is 0.920. The fraction of sp³-hybridized carbons (Fsp3) is 0.500. The Morgan fingerprint density at radius 2 is 1.94 bits per heavy atom. The molecule has 18 heavy (non-hydrogen) atoms. The van der Waals surface area contributed by atoms with Gasteiger partial charge >= 0.3 is 0 Å². The van der Waals surface area contributed by atoms with E-state index < -0.39 is 0 Å². The van der Waals surface area contributed by atoms with Crippen LogP contribution in [0.25, 0.3) is 0 Å². The van der Waals surface area contributed by atoms with Crippen LogP contribution in [0.2, 0.25) is 0 Å². The molecule has 1 aromatic rings. The van der Waals surface area contributed by atoms with Crippen molar-refractivity contribution >= 4 is 17.5 Å². The molecule has 0 fully saturated rings. The Kier molecular flexibility index (Phi) is 6.98. The Bertz CT molecular complexity index is 367. The topological polar surface area (TPSA) is 20.3 Å². The van der Waals surface area contributed by atoms with Crippen molar-refractivity contribution in [1.29, 1.82) is 0 Å². The second-order valence-electron chi connectivity index (χ2n) is 4.33. The molecule has 0 heterocycles. The van der Waals surface area contributed by atoms with Gasteiger partial charge in [-0.3, -0.25) is 4.79 Å². The van der Waals surface area contributed by atoms with E-state index in [1.54, 1.807) is 12.1 Å². The monoisotopic (exact) mass is 269 g/mol. The number of carbonyl (C=O) groups is 1. The van der Waals surface area contributed by atoms with Gasteiger partial charge in [0, 0.05) is 18.5 Å². The third-order valence-corrected chi connectivity index (χ3v) is 3.47. The lowest BCUT2D eigenvalue weighted by molar-refractivity contribution is 0.0969. The van der Waals surface area contributed by atoms with Gasteiger partial charge in [-0.1, -0.05) is 0 Å². The van der Waals surface area contributed by atoms with Crippen molar-refractivity contribution < 1.29 is 9.18 Å². The first-order valence-corrected chi connectivity index (χ1v) is 7.49. The van der Waals surface area contributed by atoms with E-state index in [0.717, 1.165) is 25.3 Å². The predicted octanol–water partition coefficient (Wildman–Crippen LogP) is 3.08. The molecule has 100 valence electrons. The first-order chi connectivity index (χ1) is 8.63. The average molecular weight is 269 g/mol. The first kappa shape index (κ1) is 15.2. The van der Waals surface area contributed by atoms with Crippen molar-refractivity contribution in [3.63, 3.8) is 0 Å². The number of hydrogen-bond acceptors (Lipinski definition) is 3. The minimum Gasteiger partial charge on any atom is -0.306 e. The summed E-state index contributed by atoms with van der Waals surface area (Å²) in [7, 11) is 2.03. The Labute approximate surface area is 113 Å². The van der Waals surface area contributed by atoms with Gasteiger partial charge in [0.2, 0.25) is 0 Å². The lowest BCUT2D eigenvalue weighted by atomic mass is 10.1. The molecule has 0 aromatic heterocycles. The predicted molar refractivity (Wildman–Crippen MR) is 75.8 cm³/mol. The van der Waals surface area contributed by atoms with E-state index in [1.807, 2.05) is 18.8 Å². The van der Waals surface area contributed by atoms with Gasteiger partial charge in [0.25, 0.3) is 0 Å². The molecule has 0 atom stereocenters. The maximum atomic E-state index is 12.7. The van der Waals surface area contributed by atoms with Crippen LogP contribution in [0.5, 0.6) is 0 Å². The molecule has 2 nitrogen and oxygen atoms in total. The van der Waals surface area contributed by atoms with E-state index in [4.69, 9.17) is 0 Å². The fourth-order valence-electron chi connectivity index (χ4n) is 1.66. The molecule has 0 bridgehead atoms. The summed E-state index contributed by atoms with van der Waals surface area (Å²) < 4.78 is 12.7. The molecular formula is C14H20FNOS. The quantitative estimate of drug-likeness (QED) is 0.534. The lowest BCUT2D eigenvalue weighted by Gasteiger charge is -2.15. The van der Waals surface area contributed by atoms with Gasteiger partial charge in [-0.15, -0.1) is 0 Å². The summed E-state index contributed by atoms with van der Waals surface area (Å²) in [6, 6.07) is 5.75. The second-order valence-corrected chi connectivity index (χ2v) is 5.32. The molecule has 0 aliphatic rings. The van der Waals surface area contributed by atoms with Crippen LogP contribution < -0.4 is 0 Å². The van der Waals surface area contributed by atoms with Gasteiger partial charge in [-0.25, -0.2) is 4.39 Å². The van der Waals surface area contributed by atoms with Gasteiger partial charge in [0.05, 0.1) is 0 Å². The molecule has 1 aromatic carbocycles. The summed E-state index contributed by atoms with van der Waals surface area (Å²) in [5, 5.41) is 0. The van der Waals surface area contributed by atoms with Crippen LogP contribution >= 0.6 is 11.8 Å². The minimum atomic E-state index is -0.305. The smallest absolute Gasteiger partial charge is 0.164 e. The SMILES string of the molecule is CSCCCN(C)CCC(=O)c1ccc(F)cc1. The molecule has 0 spiro atoms. The summed E-state index contributed by atoms with van der Waals surface area (Å²) >= 11 is 1.84. The normalized spacial score (nSPS) is 10.9. The lowest BCUT2D eigenvalue weighted by Crippen LogP contribution is -2.23. The summed E-state index contributed by atoms with van der Waals surface area (Å²) in [5.41, 5.74) is 0.592. The standard InChI is InChI=1S/C14H20FNOS/c1-16(9-3-11-18-2)10-8-14(17)12-4-6-13(15)7-5-12/h4-7H,3,8-11H2,1-2H3. The molecule has 0 unspecified atom stereocenters. The van der Waals surface area contributed by atoms with Crippen LogP contribution in [-0.2, 0) is 0 Å². The molecule has 0 aliphatic carbocycles. The van der Waals surface area contributed by atoms with Crippen molar-refractivity contribution in [3.05, 3.63) is 35.6 Å². The molecule has 0 saturated carbocycles. The Hall–Kier alpha value is -0.870. The molecule has 0 saturated heterocycles. The van der Waals surface area contributed by atoms with Gasteiger partial charge < -0.3 is 4.90 Å². The van der Waals surface area contributed by atoms with E-state index in [9.17, 15) is 9.18 Å². The Morgan fingerprint density at radius 3 is 2.56 bits per heavy atom. The zero-order valence-corrected chi connectivity index (χ0v) is 11.8. The summed E-state index contributed by atoms with van der Waals surface area (Å²) in [4.78, 5) is 14.0. The van der Waals surface area contributed by atoms with Crippen molar-refractivity contribution in [2.24, 2.45) is 0 Å². The molecule has 0 N–H and O–H groups in total. The largest absolute Gasteiger partial charge is 0.306 e. The van der Waals surface area contributed by atoms with Crippen molar-refractivity contribution in [3.8, 4) is 0 Å². The number of nitrogens with zero attached hydrogens (tertiary/aromatic N) is 1. The number of halogens is 1. The van der Waals surface area contributed by atoms with Crippen LogP contribution in [0.4, 0.5) is 4.39 Å². The van der Waals surface area contributed by atoms with Crippen molar-refractivity contribution in [2.75, 3.05) is 32.1 Å². The van der Waals surface area contributed by atoms with E-state index in [0.29, 0.717) is 12.0 Å². The molecule has 0 aliphatic heterocycles. The van der Waals surface area contributed by atoms with E-state index in [1.165, 1.54) is 12.1 Å². The highest BCUT2D eigenvalue weighted by atomic mass is 32.2. The van der Waals surface area contributed by atoms with E-state index >= 15 is 0 Å². The summed E-state index contributed by atoms with van der Waals surface area (Å²) in [6.07, 6.45) is 3.72. The van der Waals surface area contributed by atoms with Gasteiger partial charge in [0.15, 0.2) is 5.78 Å². The van der Waals surface area contributed by atoms with Crippen LogP contribution in [0.1, 0.15) is 23.2 Å². The molecular weight excluding hydrogens is 249 g/mol. The third kappa shape index (κ3) is 5.65. The van der Waals surface area contributed by atoms with Crippen LogP contribution in [0.3, 0.4) is 0 Å².